The van der Waals surface area contributed by atoms with Crippen LogP contribution in [0.5, 0.6) is 0 Å². The van der Waals surface area contributed by atoms with Crippen molar-refractivity contribution in [3.05, 3.63) is 95.1 Å². The average Bonchev–Trinajstić information content (AvgIpc) is 3.00. The summed E-state index contributed by atoms with van der Waals surface area (Å²) < 4.78 is 0. The van der Waals surface area contributed by atoms with E-state index in [0.29, 0.717) is 16.8 Å². The minimum Gasteiger partial charge on any atom is -0.355 e. The van der Waals surface area contributed by atoms with Crippen molar-refractivity contribution in [2.24, 2.45) is 0 Å². The highest BCUT2D eigenvalue weighted by atomic mass is 16.2. The number of rotatable bonds is 4. The number of fused-ring (bicyclic) bond motifs is 1. The van der Waals surface area contributed by atoms with Crippen LogP contribution in [0, 0.1) is 0 Å². The van der Waals surface area contributed by atoms with Gasteiger partial charge in [0.2, 0.25) is 0 Å². The van der Waals surface area contributed by atoms with Crippen LogP contribution < -0.4 is 10.6 Å². The average molecular weight is 383 g/mol. The molecule has 2 N–H and O–H groups in total. The van der Waals surface area contributed by atoms with Crippen molar-refractivity contribution >= 4 is 35.0 Å². The number of nitrogens with one attached hydrogen (secondary N) is 2. The van der Waals surface area contributed by atoms with Crippen molar-refractivity contribution in [3.8, 4) is 0 Å². The molecule has 3 aromatic rings. The first-order valence-corrected chi connectivity index (χ1v) is 9.36. The molecule has 0 spiro atoms. The Hall–Kier alpha value is -3.86. The second-order valence-electron chi connectivity index (χ2n) is 6.78. The molecule has 0 aromatic heterocycles. The maximum atomic E-state index is 12.6. The molecule has 1 heterocycles. The van der Waals surface area contributed by atoms with E-state index in [1.807, 2.05) is 72.8 Å². The Bertz CT molecular complexity index is 1130. The summed E-state index contributed by atoms with van der Waals surface area (Å²) in [5.74, 6) is -0.166. The van der Waals surface area contributed by atoms with E-state index < -0.39 is 0 Å². The molecule has 1 aliphatic heterocycles. The zero-order valence-corrected chi connectivity index (χ0v) is 16.3. The van der Waals surface area contributed by atoms with Crippen LogP contribution in [-0.2, 0) is 0 Å². The van der Waals surface area contributed by atoms with E-state index in [9.17, 15) is 9.59 Å². The van der Waals surface area contributed by atoms with E-state index >= 15 is 0 Å². The van der Waals surface area contributed by atoms with Gasteiger partial charge in [-0.1, -0.05) is 48.5 Å². The van der Waals surface area contributed by atoms with Crippen LogP contribution in [0.3, 0.4) is 0 Å². The molecule has 0 bridgehead atoms. The third-order valence-electron chi connectivity index (χ3n) is 5.02. The number of carbonyl (C=O) groups excluding carboxylic acids is 2. The van der Waals surface area contributed by atoms with Gasteiger partial charge in [-0.25, -0.2) is 0 Å². The Morgan fingerprint density at radius 1 is 0.862 bits per heavy atom. The molecule has 2 amide bonds. The van der Waals surface area contributed by atoms with Crippen LogP contribution in [0.25, 0.3) is 11.8 Å². The first-order chi connectivity index (χ1) is 14.1. The predicted molar refractivity (Wildman–Crippen MR) is 116 cm³/mol. The maximum Gasteiger partial charge on any atom is 0.258 e. The fraction of sp³-hybridized carbons (Fsp3) is 0.0833. The number of amides is 2. The molecule has 0 radical (unpaired) electrons. The van der Waals surface area contributed by atoms with Crippen molar-refractivity contribution in [3.63, 3.8) is 0 Å². The zero-order chi connectivity index (χ0) is 20.4. The lowest BCUT2D eigenvalue weighted by molar-refractivity contribution is 0.0874. The van der Waals surface area contributed by atoms with Crippen LogP contribution in [0.15, 0.2) is 72.8 Å². The molecule has 29 heavy (non-hydrogen) atoms. The van der Waals surface area contributed by atoms with Gasteiger partial charge in [-0.2, -0.15) is 0 Å². The predicted octanol–water partition coefficient (Wildman–Crippen LogP) is 4.37. The van der Waals surface area contributed by atoms with Gasteiger partial charge in [0.15, 0.2) is 0 Å². The molecule has 3 aromatic carbocycles. The van der Waals surface area contributed by atoms with Gasteiger partial charge in [0, 0.05) is 36.5 Å². The van der Waals surface area contributed by atoms with E-state index in [-0.39, 0.29) is 11.8 Å². The van der Waals surface area contributed by atoms with Crippen LogP contribution in [0.4, 0.5) is 11.4 Å². The largest absolute Gasteiger partial charge is 0.355 e. The highest BCUT2D eigenvalue weighted by molar-refractivity contribution is 6.12. The van der Waals surface area contributed by atoms with E-state index in [0.717, 1.165) is 22.5 Å². The van der Waals surface area contributed by atoms with Gasteiger partial charge in [0.1, 0.15) is 0 Å². The number of benzene rings is 3. The molecule has 5 heteroatoms. The van der Waals surface area contributed by atoms with Gasteiger partial charge < -0.3 is 15.5 Å². The van der Waals surface area contributed by atoms with Gasteiger partial charge in [0.05, 0.1) is 16.9 Å². The summed E-state index contributed by atoms with van der Waals surface area (Å²) in [6.45, 7) is 0. The Morgan fingerprint density at radius 3 is 2.24 bits per heavy atom. The first kappa shape index (κ1) is 18.5. The summed E-state index contributed by atoms with van der Waals surface area (Å²) in [6.07, 6.45) is 1.99. The van der Waals surface area contributed by atoms with Gasteiger partial charge >= 0.3 is 0 Å². The van der Waals surface area contributed by atoms with Gasteiger partial charge in [-0.3, -0.25) is 9.59 Å². The van der Waals surface area contributed by atoms with Crippen LogP contribution >= 0.6 is 0 Å². The maximum absolute atomic E-state index is 12.6. The SMILES string of the molecule is CNC(=O)c1ccccc1Nc1ccccc1/C=C1/c2ccccc2C(=O)N1C. The fourth-order valence-corrected chi connectivity index (χ4v) is 3.49. The fourth-order valence-electron chi connectivity index (χ4n) is 3.49. The second-order valence-corrected chi connectivity index (χ2v) is 6.78. The molecule has 1 aliphatic rings. The third kappa shape index (κ3) is 3.38. The minimum absolute atomic E-state index is 0.0118. The van der Waals surface area contributed by atoms with E-state index in [4.69, 9.17) is 0 Å². The number of hydrogen-bond donors (Lipinski definition) is 2. The molecule has 5 nitrogen and oxygen atoms in total. The van der Waals surface area contributed by atoms with Crippen molar-refractivity contribution < 1.29 is 9.59 Å². The van der Waals surface area contributed by atoms with Gasteiger partial charge in [-0.15, -0.1) is 0 Å². The zero-order valence-electron chi connectivity index (χ0n) is 16.3. The van der Waals surface area contributed by atoms with Gasteiger partial charge in [-0.05, 0) is 30.3 Å². The second kappa shape index (κ2) is 7.64. The van der Waals surface area contributed by atoms with Crippen molar-refractivity contribution in [2.75, 3.05) is 19.4 Å². The number of carbonyl (C=O) groups is 2. The van der Waals surface area contributed by atoms with Gasteiger partial charge in [0.25, 0.3) is 11.8 Å². The van der Waals surface area contributed by atoms with E-state index in [1.165, 1.54) is 0 Å². The Morgan fingerprint density at radius 2 is 1.48 bits per heavy atom. The minimum atomic E-state index is -0.154. The summed E-state index contributed by atoms with van der Waals surface area (Å²) in [5, 5.41) is 6.04. The molecule has 0 aliphatic carbocycles. The molecule has 144 valence electrons. The van der Waals surface area contributed by atoms with E-state index in [2.05, 4.69) is 10.6 Å². The monoisotopic (exact) mass is 383 g/mol. The molecule has 0 saturated carbocycles. The van der Waals surface area contributed by atoms with Crippen molar-refractivity contribution in [1.82, 2.24) is 10.2 Å². The summed E-state index contributed by atoms with van der Waals surface area (Å²) in [6, 6.07) is 22.8. The van der Waals surface area contributed by atoms with Crippen LogP contribution in [0.2, 0.25) is 0 Å². The summed E-state index contributed by atoms with van der Waals surface area (Å²) in [7, 11) is 3.40. The topological polar surface area (TPSA) is 61.4 Å². The van der Waals surface area contributed by atoms with Crippen LogP contribution in [0.1, 0.15) is 31.8 Å². The number of anilines is 2. The number of nitrogens with zero attached hydrogens (tertiary/aromatic N) is 1. The normalized spacial score (nSPS) is 14.1. The summed E-state index contributed by atoms with van der Waals surface area (Å²) in [4.78, 5) is 26.4. The molecule has 0 unspecified atom stereocenters. The Labute approximate surface area is 169 Å². The summed E-state index contributed by atoms with van der Waals surface area (Å²) in [5.41, 5.74) is 5.52. The molecule has 4 rings (SSSR count). The lowest BCUT2D eigenvalue weighted by Gasteiger charge is -2.15. The highest BCUT2D eigenvalue weighted by Crippen LogP contribution is 2.34. The Kier molecular flexibility index (Phi) is 4.87. The molecular weight excluding hydrogens is 362 g/mol. The molecule has 0 fully saturated rings. The third-order valence-corrected chi connectivity index (χ3v) is 5.02. The quantitative estimate of drug-likeness (QED) is 0.703. The van der Waals surface area contributed by atoms with Crippen molar-refractivity contribution in [2.45, 2.75) is 0 Å². The lowest BCUT2D eigenvalue weighted by atomic mass is 10.0. The summed E-state index contributed by atoms with van der Waals surface area (Å²) >= 11 is 0. The first-order valence-electron chi connectivity index (χ1n) is 9.36. The molecule has 0 atom stereocenters. The standard InChI is InChI=1S/C24H21N3O2/c1-25-23(28)19-12-6-8-14-21(19)26-20-13-7-3-9-16(20)15-22-17-10-4-5-11-18(17)24(29)27(22)2/h3-15,26H,1-2H3,(H,25,28)/b22-15-. The molecular formula is C24H21N3O2. The van der Waals surface area contributed by atoms with E-state index in [1.54, 1.807) is 25.1 Å². The number of para-hydroxylation sites is 2. The Balaban J connectivity index is 1.76. The van der Waals surface area contributed by atoms with Crippen LogP contribution in [-0.4, -0.2) is 30.8 Å². The highest BCUT2D eigenvalue weighted by Gasteiger charge is 2.28. The number of hydrogen-bond acceptors (Lipinski definition) is 3. The lowest BCUT2D eigenvalue weighted by Crippen LogP contribution is -2.19. The molecule has 0 saturated heterocycles. The van der Waals surface area contributed by atoms with Crippen molar-refractivity contribution in [1.29, 1.82) is 0 Å². The smallest absolute Gasteiger partial charge is 0.258 e.